The smallest absolute Gasteiger partial charge is 0.319 e. The third-order valence-corrected chi connectivity index (χ3v) is 7.61. The maximum atomic E-state index is 13.2. The zero-order chi connectivity index (χ0) is 24.1. The van der Waals surface area contributed by atoms with Crippen LogP contribution in [0.3, 0.4) is 0 Å². The number of carbonyl (C=O) groups is 2. The zero-order valence-electron chi connectivity index (χ0n) is 20.1. The van der Waals surface area contributed by atoms with Gasteiger partial charge >= 0.3 is 6.03 Å². The maximum absolute atomic E-state index is 13.2. The molecule has 2 aliphatic rings. The van der Waals surface area contributed by atoms with Crippen molar-refractivity contribution < 1.29 is 14.0 Å². The van der Waals surface area contributed by atoms with Gasteiger partial charge in [-0.2, -0.15) is 0 Å². The van der Waals surface area contributed by atoms with Crippen LogP contribution in [0.4, 0.5) is 14.9 Å². The molecule has 0 radical (unpaired) electrons. The second-order valence-corrected chi connectivity index (χ2v) is 10.0. The van der Waals surface area contributed by atoms with Crippen LogP contribution in [-0.2, 0) is 6.42 Å². The Labute approximate surface area is 202 Å². The predicted molar refractivity (Wildman–Crippen MR) is 134 cm³/mol. The maximum Gasteiger partial charge on any atom is 0.319 e. The monoisotopic (exact) mass is 465 g/mol. The van der Waals surface area contributed by atoms with Gasteiger partial charge in [-0.05, 0) is 93.8 Å². The van der Waals surface area contributed by atoms with Crippen molar-refractivity contribution in [3.8, 4) is 0 Å². The first-order chi connectivity index (χ1) is 16.4. The molecule has 1 aliphatic carbocycles. The Hall–Kier alpha value is -2.73. The molecule has 4 rings (SSSR count). The second-order valence-electron chi connectivity index (χ2n) is 10.0. The van der Waals surface area contributed by atoms with Gasteiger partial charge in [0.25, 0.3) is 0 Å². The van der Waals surface area contributed by atoms with Gasteiger partial charge in [-0.25, -0.2) is 9.18 Å². The fourth-order valence-electron chi connectivity index (χ4n) is 5.76. The molecule has 2 aromatic rings. The van der Waals surface area contributed by atoms with Crippen LogP contribution >= 0.6 is 0 Å². The molecular formula is C28H36FN3O2. The molecule has 1 heterocycles. The van der Waals surface area contributed by atoms with Crippen molar-refractivity contribution >= 4 is 17.5 Å². The Kier molecular flexibility index (Phi) is 7.99. The Morgan fingerprint density at radius 3 is 2.41 bits per heavy atom. The van der Waals surface area contributed by atoms with Gasteiger partial charge in [0.05, 0.1) is 0 Å². The topological polar surface area (TPSA) is 66.6 Å². The summed E-state index contributed by atoms with van der Waals surface area (Å²) < 4.78 is 13.2. The zero-order valence-corrected chi connectivity index (χ0v) is 20.1. The lowest BCUT2D eigenvalue weighted by molar-refractivity contribution is 0.101. The van der Waals surface area contributed by atoms with Gasteiger partial charge < -0.3 is 10.6 Å². The molecule has 0 spiro atoms. The number of hydrogen-bond donors (Lipinski definition) is 1. The van der Waals surface area contributed by atoms with Gasteiger partial charge in [0.2, 0.25) is 0 Å². The number of primary amides is 1. The van der Waals surface area contributed by atoms with Crippen LogP contribution in [-0.4, -0.2) is 42.4 Å². The Bertz CT molecular complexity index is 985. The third-order valence-electron chi connectivity index (χ3n) is 7.61. The summed E-state index contributed by atoms with van der Waals surface area (Å²) in [6, 6.07) is 13.8. The SMILES string of the molecule is CC(=O)c1cccc(N(C(N)=O)C2CCCCC2CN2CCC(Cc3ccc(F)cc3)CC2)c1. The van der Waals surface area contributed by atoms with E-state index in [-0.39, 0.29) is 17.6 Å². The molecule has 0 bridgehead atoms. The normalized spacial score (nSPS) is 21.8. The molecule has 0 aromatic heterocycles. The summed E-state index contributed by atoms with van der Waals surface area (Å²) in [6.07, 6.45) is 7.53. The number of likely N-dealkylation sites (tertiary alicyclic amines) is 1. The average molecular weight is 466 g/mol. The number of nitrogens with zero attached hydrogens (tertiary/aromatic N) is 2. The van der Waals surface area contributed by atoms with E-state index in [4.69, 9.17) is 5.73 Å². The molecule has 2 amide bonds. The lowest BCUT2D eigenvalue weighted by atomic mass is 9.82. The molecule has 1 aliphatic heterocycles. The highest BCUT2D eigenvalue weighted by molar-refractivity contribution is 5.97. The number of hydrogen-bond acceptors (Lipinski definition) is 3. The molecule has 2 atom stereocenters. The summed E-state index contributed by atoms with van der Waals surface area (Å²) in [4.78, 5) is 28.7. The van der Waals surface area contributed by atoms with Gasteiger partial charge in [-0.1, -0.05) is 37.1 Å². The van der Waals surface area contributed by atoms with Gasteiger partial charge in [-0.3, -0.25) is 9.69 Å². The number of anilines is 1. The van der Waals surface area contributed by atoms with Crippen LogP contribution in [0.2, 0.25) is 0 Å². The first kappa shape index (κ1) is 24.4. The van der Waals surface area contributed by atoms with Crippen LogP contribution < -0.4 is 10.6 Å². The van der Waals surface area contributed by atoms with Crippen molar-refractivity contribution in [1.29, 1.82) is 0 Å². The Morgan fingerprint density at radius 1 is 1.03 bits per heavy atom. The number of piperidine rings is 1. The highest BCUT2D eigenvalue weighted by atomic mass is 19.1. The van der Waals surface area contributed by atoms with Crippen molar-refractivity contribution in [2.75, 3.05) is 24.5 Å². The lowest BCUT2D eigenvalue weighted by Gasteiger charge is -2.42. The lowest BCUT2D eigenvalue weighted by Crippen LogP contribution is -2.52. The number of rotatable bonds is 7. The van der Waals surface area contributed by atoms with Crippen LogP contribution in [0.1, 0.15) is 61.4 Å². The van der Waals surface area contributed by atoms with Crippen molar-refractivity contribution in [1.82, 2.24) is 4.90 Å². The number of amides is 2. The van der Waals surface area contributed by atoms with Crippen LogP contribution in [0.5, 0.6) is 0 Å². The number of nitrogens with two attached hydrogens (primary N) is 1. The fraction of sp³-hybridized carbons (Fsp3) is 0.500. The predicted octanol–water partition coefficient (Wildman–Crippen LogP) is 5.43. The van der Waals surface area contributed by atoms with Crippen LogP contribution in [0.15, 0.2) is 48.5 Å². The van der Waals surface area contributed by atoms with E-state index in [0.717, 1.165) is 63.8 Å². The summed E-state index contributed by atoms with van der Waals surface area (Å²) in [5.74, 6) is 0.782. The van der Waals surface area contributed by atoms with E-state index in [1.165, 1.54) is 18.9 Å². The summed E-state index contributed by atoms with van der Waals surface area (Å²) in [5.41, 5.74) is 8.41. The van der Waals surface area contributed by atoms with E-state index in [0.29, 0.717) is 17.4 Å². The minimum atomic E-state index is -0.449. The fourth-order valence-corrected chi connectivity index (χ4v) is 5.76. The van der Waals surface area contributed by atoms with E-state index < -0.39 is 6.03 Å². The number of halogens is 1. The van der Waals surface area contributed by atoms with E-state index in [1.807, 2.05) is 24.3 Å². The minimum absolute atomic E-state index is 0.0185. The van der Waals surface area contributed by atoms with E-state index in [2.05, 4.69) is 4.90 Å². The molecule has 6 heteroatoms. The number of Topliss-reactive ketones (excluding diaryl/α,β-unsaturated/α-hetero) is 1. The second kappa shape index (κ2) is 11.1. The summed E-state index contributed by atoms with van der Waals surface area (Å²) >= 11 is 0. The number of ketones is 1. The quantitative estimate of drug-likeness (QED) is 0.555. The number of benzene rings is 2. The molecule has 2 fully saturated rings. The molecule has 2 N–H and O–H groups in total. The molecule has 5 nitrogen and oxygen atoms in total. The largest absolute Gasteiger partial charge is 0.351 e. The van der Waals surface area contributed by atoms with Crippen LogP contribution in [0.25, 0.3) is 0 Å². The first-order valence-corrected chi connectivity index (χ1v) is 12.6. The first-order valence-electron chi connectivity index (χ1n) is 12.6. The molecule has 34 heavy (non-hydrogen) atoms. The van der Waals surface area contributed by atoms with E-state index in [9.17, 15) is 14.0 Å². The van der Waals surface area contributed by atoms with Crippen molar-refractivity contribution in [3.63, 3.8) is 0 Å². The number of urea groups is 1. The molecule has 1 saturated heterocycles. The number of carbonyl (C=O) groups excluding carboxylic acids is 2. The highest BCUT2D eigenvalue weighted by Crippen LogP contribution is 2.34. The molecule has 2 unspecified atom stereocenters. The molecule has 2 aromatic carbocycles. The molecule has 182 valence electrons. The third kappa shape index (κ3) is 6.03. The van der Waals surface area contributed by atoms with Crippen LogP contribution in [0, 0.1) is 17.7 Å². The molecule has 1 saturated carbocycles. The Morgan fingerprint density at radius 2 is 1.74 bits per heavy atom. The highest BCUT2D eigenvalue weighted by Gasteiger charge is 2.35. The average Bonchev–Trinajstić information content (AvgIpc) is 2.83. The summed E-state index contributed by atoms with van der Waals surface area (Å²) in [5, 5.41) is 0. The van der Waals surface area contributed by atoms with Crippen molar-refractivity contribution in [2.24, 2.45) is 17.6 Å². The van der Waals surface area contributed by atoms with E-state index in [1.54, 1.807) is 29.2 Å². The summed E-state index contributed by atoms with van der Waals surface area (Å²) in [7, 11) is 0. The van der Waals surface area contributed by atoms with Gasteiger partial charge in [0.15, 0.2) is 5.78 Å². The minimum Gasteiger partial charge on any atom is -0.351 e. The van der Waals surface area contributed by atoms with Gasteiger partial charge in [0, 0.05) is 23.8 Å². The Balaban J connectivity index is 1.40. The van der Waals surface area contributed by atoms with Crippen molar-refractivity contribution in [2.45, 2.75) is 57.9 Å². The van der Waals surface area contributed by atoms with E-state index >= 15 is 0 Å². The standard InChI is InChI=1S/C28H36FN3O2/c1-20(33)23-6-4-7-26(18-23)32(28(30)34)27-8-3-2-5-24(27)19-31-15-13-22(14-16-31)17-21-9-11-25(29)12-10-21/h4,6-7,9-12,18,22,24,27H,2-3,5,8,13-17,19H2,1H3,(H2,30,34). The van der Waals surface area contributed by atoms with Crippen molar-refractivity contribution in [3.05, 3.63) is 65.5 Å². The summed E-state index contributed by atoms with van der Waals surface area (Å²) in [6.45, 7) is 4.60. The van der Waals surface area contributed by atoms with Gasteiger partial charge in [-0.15, -0.1) is 0 Å². The van der Waals surface area contributed by atoms with Gasteiger partial charge in [0.1, 0.15) is 5.82 Å². The molecular weight excluding hydrogens is 429 g/mol.